The highest BCUT2D eigenvalue weighted by atomic mass is 16.6. The molecule has 6 aliphatic rings. The molecule has 13 nitrogen and oxygen atoms in total. The quantitative estimate of drug-likeness (QED) is 0.330. The first-order valence-electron chi connectivity index (χ1n) is 21.0. The van der Waals surface area contributed by atoms with Gasteiger partial charge in [-0.3, -0.25) is 24.3 Å². The van der Waals surface area contributed by atoms with Gasteiger partial charge >= 0.3 is 17.9 Å². The molecule has 0 aromatic carbocycles. The van der Waals surface area contributed by atoms with Gasteiger partial charge in [-0.15, -0.1) is 0 Å². The number of piperidine rings is 5. The maximum Gasteiger partial charge on any atom is 0.332 e. The summed E-state index contributed by atoms with van der Waals surface area (Å²) in [5.41, 5.74) is -0.893. The predicted octanol–water partition coefficient (Wildman–Crippen LogP) is 3.26. The topological polar surface area (TPSA) is 119 Å². The molecule has 6 aliphatic heterocycles. The number of hydrogen-bond acceptors (Lipinski definition) is 12. The van der Waals surface area contributed by atoms with Crippen molar-refractivity contribution in [3.8, 4) is 0 Å². The number of carboxylic acid groups (broad SMARTS) is 1. The van der Waals surface area contributed by atoms with Crippen molar-refractivity contribution in [3.63, 3.8) is 0 Å². The van der Waals surface area contributed by atoms with E-state index in [2.05, 4.69) is 50.5 Å². The Morgan fingerprint density at radius 3 is 1.57 bits per heavy atom. The molecule has 6 rings (SSSR count). The minimum atomic E-state index is -0.609. The van der Waals surface area contributed by atoms with Gasteiger partial charge in [0.15, 0.2) is 0 Å². The minimum Gasteiger partial charge on any atom is -0.480 e. The van der Waals surface area contributed by atoms with Crippen LogP contribution >= 0.6 is 0 Å². The number of aliphatic carboxylic acids is 1. The molecule has 0 radical (unpaired) electrons. The molecule has 1 N–H and O–H groups in total. The predicted molar refractivity (Wildman–Crippen MR) is 207 cm³/mol. The molecule has 0 aromatic rings. The molecule has 13 heteroatoms. The average Bonchev–Trinajstić information content (AvgIpc) is 3.66. The number of esters is 2. The smallest absolute Gasteiger partial charge is 0.332 e. The van der Waals surface area contributed by atoms with Gasteiger partial charge in [-0.2, -0.15) is 0 Å². The molecular weight excluding hydrogens is 676 g/mol. The van der Waals surface area contributed by atoms with E-state index in [1.165, 1.54) is 51.6 Å². The number of carboxylic acids is 1. The zero-order valence-electron chi connectivity index (χ0n) is 34.0. The molecule has 306 valence electrons. The van der Waals surface area contributed by atoms with Crippen LogP contribution in [-0.2, 0) is 28.6 Å². The second-order valence-electron chi connectivity index (χ2n) is 16.3. The van der Waals surface area contributed by atoms with Crippen LogP contribution in [0, 0.1) is 0 Å². The first-order chi connectivity index (χ1) is 25.5. The SMILES string of the molecule is CCOC(=O)C1(N2CCCCC2)CCN(C)CC1.CCOC(=O)COC1CCN(C2CCN(C)CC2)C1.CN1CCC(C(=O)O)(N2CCCCC2)CC1. The molecule has 1 atom stereocenters. The van der Waals surface area contributed by atoms with Crippen LogP contribution in [0.4, 0.5) is 0 Å². The van der Waals surface area contributed by atoms with Gasteiger partial charge in [-0.1, -0.05) is 12.8 Å². The third-order valence-corrected chi connectivity index (χ3v) is 12.7. The Hall–Kier alpha value is -1.87. The molecule has 6 saturated heterocycles. The largest absolute Gasteiger partial charge is 0.480 e. The van der Waals surface area contributed by atoms with E-state index in [4.69, 9.17) is 14.2 Å². The molecule has 0 aromatic heterocycles. The number of nitrogens with zero attached hydrogens (tertiary/aromatic N) is 6. The third-order valence-electron chi connectivity index (χ3n) is 12.7. The van der Waals surface area contributed by atoms with Crippen LogP contribution in [0.1, 0.15) is 97.3 Å². The Balaban J connectivity index is 0.000000178. The van der Waals surface area contributed by atoms with E-state index in [-0.39, 0.29) is 30.2 Å². The maximum atomic E-state index is 12.4. The van der Waals surface area contributed by atoms with Crippen LogP contribution in [0.25, 0.3) is 0 Å². The molecule has 6 fully saturated rings. The Morgan fingerprint density at radius 1 is 0.604 bits per heavy atom. The summed E-state index contributed by atoms with van der Waals surface area (Å²) in [7, 11) is 6.39. The highest BCUT2D eigenvalue weighted by molar-refractivity contribution is 5.81. The lowest BCUT2D eigenvalue weighted by Gasteiger charge is -2.47. The Kier molecular flexibility index (Phi) is 18.2. The second kappa shape index (κ2) is 22.0. The van der Waals surface area contributed by atoms with Gasteiger partial charge in [0.05, 0.1) is 19.3 Å². The van der Waals surface area contributed by atoms with Crippen molar-refractivity contribution in [3.05, 3.63) is 0 Å². The maximum absolute atomic E-state index is 12.4. The summed E-state index contributed by atoms with van der Waals surface area (Å²) in [4.78, 5) is 49.4. The van der Waals surface area contributed by atoms with Gasteiger partial charge in [0.2, 0.25) is 0 Å². The number of hydrogen-bond donors (Lipinski definition) is 1. The number of ether oxygens (including phenoxy) is 3. The molecule has 0 spiro atoms. The van der Waals surface area contributed by atoms with Crippen molar-refractivity contribution in [2.75, 3.05) is 120 Å². The standard InChI is InChI=1S/C14H26N2O3.C14H26N2O2.C12H22N2O2/c1-3-18-14(17)11-19-13-6-9-16(10-13)12-4-7-15(2)8-5-12;1-3-18-13(17)14(7-11-15(2)12-8-14)16-9-5-4-6-10-16;1-13-9-5-12(6-10-13,11(15)16)14-7-3-2-4-8-14/h12-13H,3-11H2,1-2H3;3-12H2,1-2H3;2-10H2,1H3,(H,15,16). The van der Waals surface area contributed by atoms with Crippen LogP contribution in [0.5, 0.6) is 0 Å². The van der Waals surface area contributed by atoms with Gasteiger partial charge in [0.25, 0.3) is 0 Å². The fourth-order valence-corrected chi connectivity index (χ4v) is 9.17. The lowest BCUT2D eigenvalue weighted by Crippen LogP contribution is -2.61. The third kappa shape index (κ3) is 12.6. The fraction of sp³-hybridized carbons (Fsp3) is 0.925. The second-order valence-corrected chi connectivity index (χ2v) is 16.3. The monoisotopic (exact) mass is 751 g/mol. The molecule has 6 heterocycles. The van der Waals surface area contributed by atoms with E-state index in [9.17, 15) is 19.5 Å². The zero-order chi connectivity index (χ0) is 38.3. The van der Waals surface area contributed by atoms with Crippen molar-refractivity contribution in [1.82, 2.24) is 29.4 Å². The summed E-state index contributed by atoms with van der Waals surface area (Å²) in [6.07, 6.45) is 14.4. The van der Waals surface area contributed by atoms with Crippen molar-refractivity contribution >= 4 is 17.9 Å². The van der Waals surface area contributed by atoms with Gasteiger partial charge < -0.3 is 34.0 Å². The lowest BCUT2D eigenvalue weighted by molar-refractivity contribution is -0.162. The Labute approximate surface area is 320 Å². The summed E-state index contributed by atoms with van der Waals surface area (Å²) in [5.74, 6) is -0.845. The fourth-order valence-electron chi connectivity index (χ4n) is 9.17. The van der Waals surface area contributed by atoms with E-state index in [1.807, 2.05) is 13.8 Å². The highest BCUT2D eigenvalue weighted by Crippen LogP contribution is 2.33. The van der Waals surface area contributed by atoms with Gasteiger partial charge in [0, 0.05) is 45.3 Å². The number of carbonyl (C=O) groups is 3. The Bertz CT molecular complexity index is 1090. The van der Waals surface area contributed by atoms with E-state index < -0.39 is 11.5 Å². The molecule has 0 bridgehead atoms. The lowest BCUT2D eigenvalue weighted by atomic mass is 9.84. The Morgan fingerprint density at radius 2 is 1.08 bits per heavy atom. The summed E-state index contributed by atoms with van der Waals surface area (Å²) >= 11 is 0. The molecule has 0 saturated carbocycles. The van der Waals surface area contributed by atoms with Gasteiger partial charge in [0.1, 0.15) is 17.7 Å². The van der Waals surface area contributed by atoms with Crippen LogP contribution in [0.3, 0.4) is 0 Å². The zero-order valence-corrected chi connectivity index (χ0v) is 34.0. The summed E-state index contributed by atoms with van der Waals surface area (Å²) in [6, 6.07) is 0.701. The molecule has 53 heavy (non-hydrogen) atoms. The summed E-state index contributed by atoms with van der Waals surface area (Å²) in [6.45, 7) is 17.0. The normalized spacial score (nSPS) is 26.8. The van der Waals surface area contributed by atoms with Crippen LogP contribution in [0.15, 0.2) is 0 Å². The first-order valence-corrected chi connectivity index (χ1v) is 21.0. The highest BCUT2D eigenvalue weighted by Gasteiger charge is 2.48. The van der Waals surface area contributed by atoms with E-state index in [0.717, 1.165) is 110 Å². The van der Waals surface area contributed by atoms with E-state index in [1.54, 1.807) is 0 Å². The van der Waals surface area contributed by atoms with Crippen LogP contribution in [-0.4, -0.2) is 195 Å². The van der Waals surface area contributed by atoms with Crippen molar-refractivity contribution < 1.29 is 33.7 Å². The minimum absolute atomic E-state index is 0.0139. The van der Waals surface area contributed by atoms with Gasteiger partial charge in [-0.05, 0) is 145 Å². The van der Waals surface area contributed by atoms with Crippen molar-refractivity contribution in [2.45, 2.75) is 121 Å². The number of likely N-dealkylation sites (tertiary alicyclic amines) is 6. The van der Waals surface area contributed by atoms with E-state index in [0.29, 0.717) is 19.3 Å². The van der Waals surface area contributed by atoms with E-state index >= 15 is 0 Å². The summed E-state index contributed by atoms with van der Waals surface area (Å²) < 4.78 is 15.9. The molecule has 0 aliphatic carbocycles. The van der Waals surface area contributed by atoms with Crippen molar-refractivity contribution in [1.29, 1.82) is 0 Å². The van der Waals surface area contributed by atoms with Crippen LogP contribution < -0.4 is 0 Å². The number of carbonyl (C=O) groups excluding carboxylic acids is 2. The first kappa shape index (κ1) is 43.9. The molecule has 0 amide bonds. The summed E-state index contributed by atoms with van der Waals surface area (Å²) in [5, 5.41) is 9.57. The van der Waals surface area contributed by atoms with Gasteiger partial charge in [-0.25, -0.2) is 4.79 Å². The van der Waals surface area contributed by atoms with Crippen LogP contribution in [0.2, 0.25) is 0 Å². The average molecular weight is 751 g/mol. The van der Waals surface area contributed by atoms with Crippen molar-refractivity contribution in [2.24, 2.45) is 0 Å². The number of rotatable bonds is 10. The molecule has 1 unspecified atom stereocenters. The molecular formula is C40H74N6O7.